The quantitative estimate of drug-likeness (QED) is 0.852. The summed E-state index contributed by atoms with van der Waals surface area (Å²) in [5, 5.41) is 8.65. The SMILES string of the molecule is CN(CCOc1ccc2c(c1)CCCC2)CC(=O)O. The van der Waals surface area contributed by atoms with Gasteiger partial charge in [-0.05, 0) is 56.0 Å². The number of carboxylic acid groups (broad SMARTS) is 1. The van der Waals surface area contributed by atoms with Crippen LogP contribution in [0.4, 0.5) is 0 Å². The molecule has 1 N–H and O–H groups in total. The van der Waals surface area contributed by atoms with E-state index in [1.165, 1.54) is 30.4 Å². The van der Waals surface area contributed by atoms with Crippen molar-refractivity contribution in [2.75, 3.05) is 26.7 Å². The number of aryl methyl sites for hydroxylation is 2. The molecule has 0 atom stereocenters. The van der Waals surface area contributed by atoms with Crippen LogP contribution in [-0.4, -0.2) is 42.7 Å². The minimum Gasteiger partial charge on any atom is -0.492 e. The summed E-state index contributed by atoms with van der Waals surface area (Å²) >= 11 is 0. The van der Waals surface area contributed by atoms with Crippen LogP contribution in [0.1, 0.15) is 24.0 Å². The van der Waals surface area contributed by atoms with Gasteiger partial charge in [0, 0.05) is 6.54 Å². The molecule has 1 aliphatic rings. The third-order valence-electron chi connectivity index (χ3n) is 3.47. The monoisotopic (exact) mass is 263 g/mol. The Bertz CT molecular complexity index is 445. The van der Waals surface area contributed by atoms with Gasteiger partial charge in [-0.2, -0.15) is 0 Å². The zero-order valence-electron chi connectivity index (χ0n) is 11.4. The highest BCUT2D eigenvalue weighted by atomic mass is 16.5. The van der Waals surface area contributed by atoms with Gasteiger partial charge in [-0.15, -0.1) is 0 Å². The van der Waals surface area contributed by atoms with Crippen molar-refractivity contribution < 1.29 is 14.6 Å². The van der Waals surface area contributed by atoms with Crippen LogP contribution in [0, 0.1) is 0 Å². The summed E-state index contributed by atoms with van der Waals surface area (Å²) in [5.41, 5.74) is 2.85. The zero-order chi connectivity index (χ0) is 13.7. The van der Waals surface area contributed by atoms with E-state index in [1.807, 2.05) is 6.07 Å². The number of benzene rings is 1. The number of hydrogen-bond donors (Lipinski definition) is 1. The number of carbonyl (C=O) groups is 1. The lowest BCUT2D eigenvalue weighted by molar-refractivity contribution is -0.138. The first kappa shape index (κ1) is 13.9. The number of carboxylic acids is 1. The van der Waals surface area contributed by atoms with Gasteiger partial charge in [0.15, 0.2) is 0 Å². The summed E-state index contributed by atoms with van der Waals surface area (Å²) in [6.45, 7) is 1.18. The first-order valence-electron chi connectivity index (χ1n) is 6.80. The van der Waals surface area contributed by atoms with Crippen molar-refractivity contribution in [3.05, 3.63) is 29.3 Å². The topological polar surface area (TPSA) is 49.8 Å². The maximum absolute atomic E-state index is 10.5. The summed E-state index contributed by atoms with van der Waals surface area (Å²) < 4.78 is 5.69. The number of likely N-dealkylation sites (N-methyl/N-ethyl adjacent to an activating group) is 1. The molecule has 2 rings (SSSR count). The largest absolute Gasteiger partial charge is 0.492 e. The van der Waals surface area contributed by atoms with E-state index in [4.69, 9.17) is 9.84 Å². The van der Waals surface area contributed by atoms with Gasteiger partial charge in [0.05, 0.1) is 6.54 Å². The van der Waals surface area contributed by atoms with Gasteiger partial charge in [-0.25, -0.2) is 0 Å². The third-order valence-corrected chi connectivity index (χ3v) is 3.47. The zero-order valence-corrected chi connectivity index (χ0v) is 11.4. The molecule has 19 heavy (non-hydrogen) atoms. The minimum atomic E-state index is -0.809. The fraction of sp³-hybridized carbons (Fsp3) is 0.533. The number of aliphatic carboxylic acids is 1. The molecule has 0 spiro atoms. The highest BCUT2D eigenvalue weighted by molar-refractivity contribution is 5.68. The van der Waals surface area contributed by atoms with Gasteiger partial charge >= 0.3 is 5.97 Å². The summed E-state index contributed by atoms with van der Waals surface area (Å²) in [7, 11) is 1.78. The fourth-order valence-corrected chi connectivity index (χ4v) is 2.43. The van der Waals surface area contributed by atoms with Crippen molar-refractivity contribution in [2.45, 2.75) is 25.7 Å². The Morgan fingerprint density at radius 1 is 1.32 bits per heavy atom. The smallest absolute Gasteiger partial charge is 0.317 e. The van der Waals surface area contributed by atoms with Crippen LogP contribution in [0.5, 0.6) is 5.75 Å². The average Bonchev–Trinajstić information content (AvgIpc) is 2.37. The van der Waals surface area contributed by atoms with Crippen molar-refractivity contribution >= 4 is 5.97 Å². The molecule has 1 aromatic carbocycles. The number of hydrogen-bond acceptors (Lipinski definition) is 3. The third kappa shape index (κ3) is 4.24. The highest BCUT2D eigenvalue weighted by Gasteiger charge is 2.10. The Balaban J connectivity index is 1.81. The average molecular weight is 263 g/mol. The molecule has 0 unspecified atom stereocenters. The van der Waals surface area contributed by atoms with Crippen LogP contribution in [0.3, 0.4) is 0 Å². The summed E-state index contributed by atoms with van der Waals surface area (Å²) in [6.07, 6.45) is 4.87. The van der Waals surface area contributed by atoms with E-state index in [9.17, 15) is 4.79 Å². The Hall–Kier alpha value is -1.55. The van der Waals surface area contributed by atoms with Gasteiger partial charge < -0.3 is 9.84 Å². The number of nitrogens with zero attached hydrogens (tertiary/aromatic N) is 1. The molecule has 0 saturated carbocycles. The lowest BCUT2D eigenvalue weighted by Gasteiger charge is -2.18. The second kappa shape index (κ2) is 6.57. The first-order chi connectivity index (χ1) is 9.15. The van der Waals surface area contributed by atoms with Crippen LogP contribution >= 0.6 is 0 Å². The fourth-order valence-electron chi connectivity index (χ4n) is 2.43. The summed E-state index contributed by atoms with van der Waals surface area (Å²) in [6, 6.07) is 6.30. The number of ether oxygens (including phenoxy) is 1. The molecule has 1 aliphatic carbocycles. The molecular formula is C15H21NO3. The van der Waals surface area contributed by atoms with E-state index in [2.05, 4.69) is 12.1 Å². The second-order valence-corrected chi connectivity index (χ2v) is 5.12. The van der Waals surface area contributed by atoms with E-state index in [-0.39, 0.29) is 6.54 Å². The molecule has 0 aromatic heterocycles. The summed E-state index contributed by atoms with van der Waals surface area (Å²) in [4.78, 5) is 12.3. The van der Waals surface area contributed by atoms with Gasteiger partial charge in [0.2, 0.25) is 0 Å². The van der Waals surface area contributed by atoms with Crippen LogP contribution < -0.4 is 4.74 Å². The molecule has 0 saturated heterocycles. The Kier molecular flexibility index (Phi) is 4.80. The van der Waals surface area contributed by atoms with E-state index in [1.54, 1.807) is 11.9 Å². The molecule has 0 fully saturated rings. The van der Waals surface area contributed by atoms with E-state index in [0.717, 1.165) is 12.2 Å². The molecule has 0 radical (unpaired) electrons. The number of rotatable bonds is 6. The molecule has 0 aliphatic heterocycles. The molecular weight excluding hydrogens is 242 g/mol. The summed E-state index contributed by atoms with van der Waals surface area (Å²) in [5.74, 6) is 0.0839. The van der Waals surface area contributed by atoms with Crippen molar-refractivity contribution in [3.8, 4) is 5.75 Å². The predicted octanol–water partition coefficient (Wildman–Crippen LogP) is 1.96. The molecule has 0 heterocycles. The standard InChI is InChI=1S/C15H21NO3/c1-16(11-15(17)18)8-9-19-14-7-6-12-4-2-3-5-13(12)10-14/h6-7,10H,2-5,8-9,11H2,1H3,(H,17,18). The number of fused-ring (bicyclic) bond motifs is 1. The molecule has 1 aromatic rings. The van der Waals surface area contributed by atoms with Gasteiger partial charge in [0.25, 0.3) is 0 Å². The Labute approximate surface area is 114 Å². The van der Waals surface area contributed by atoms with Crippen LogP contribution in [0.25, 0.3) is 0 Å². The first-order valence-corrected chi connectivity index (χ1v) is 6.80. The van der Waals surface area contributed by atoms with Crippen molar-refractivity contribution in [1.29, 1.82) is 0 Å². The van der Waals surface area contributed by atoms with Crippen molar-refractivity contribution in [2.24, 2.45) is 0 Å². The van der Waals surface area contributed by atoms with Crippen molar-refractivity contribution in [3.63, 3.8) is 0 Å². The normalized spacial score (nSPS) is 14.2. The van der Waals surface area contributed by atoms with Crippen LogP contribution in [-0.2, 0) is 17.6 Å². The van der Waals surface area contributed by atoms with E-state index < -0.39 is 5.97 Å². The molecule has 104 valence electrons. The van der Waals surface area contributed by atoms with E-state index >= 15 is 0 Å². The Morgan fingerprint density at radius 3 is 2.79 bits per heavy atom. The minimum absolute atomic E-state index is 0.0492. The predicted molar refractivity (Wildman–Crippen MR) is 73.7 cm³/mol. The Morgan fingerprint density at radius 2 is 2.05 bits per heavy atom. The van der Waals surface area contributed by atoms with Crippen LogP contribution in [0.2, 0.25) is 0 Å². The lowest BCUT2D eigenvalue weighted by atomic mass is 9.92. The molecule has 0 bridgehead atoms. The van der Waals surface area contributed by atoms with Crippen molar-refractivity contribution in [1.82, 2.24) is 4.90 Å². The van der Waals surface area contributed by atoms with Gasteiger partial charge in [0.1, 0.15) is 12.4 Å². The maximum atomic E-state index is 10.5. The highest BCUT2D eigenvalue weighted by Crippen LogP contribution is 2.25. The van der Waals surface area contributed by atoms with Crippen LogP contribution in [0.15, 0.2) is 18.2 Å². The van der Waals surface area contributed by atoms with E-state index in [0.29, 0.717) is 13.2 Å². The molecule has 4 heteroatoms. The van der Waals surface area contributed by atoms with Gasteiger partial charge in [-0.1, -0.05) is 6.07 Å². The van der Waals surface area contributed by atoms with Gasteiger partial charge in [-0.3, -0.25) is 9.69 Å². The molecule has 0 amide bonds. The molecule has 4 nitrogen and oxygen atoms in total. The maximum Gasteiger partial charge on any atom is 0.317 e. The lowest BCUT2D eigenvalue weighted by Crippen LogP contribution is -2.29. The second-order valence-electron chi connectivity index (χ2n) is 5.12.